The summed E-state index contributed by atoms with van der Waals surface area (Å²) in [6.45, 7) is 2.37. The van der Waals surface area contributed by atoms with Crippen molar-refractivity contribution in [1.82, 2.24) is 74.4 Å². The van der Waals surface area contributed by atoms with E-state index in [2.05, 4.69) is 62.3 Å². The standard InChI is InChI=1S/C28H29ClN6O5.C22H18ClN5O4.C18H13BrClN3O4.C6H13NO2/c1-33(14-28(15-36)16-40-17-28)24(37)13-35-25-19(7-20(10-30-25)21-11-32-34(2)12-21)8-23(27(35)39)26(38)31-9-18-3-5-22(29)6-4-18;1-27-11-16(10-26-27)15-6-14-7-18(21(31)25-8-13-2-4-17(23)5-3-13)22(32)28(12-19(29)30)20(14)24-9-15;19-12-5-11-6-14(17(26)22-7-10-1-3-13(20)4-2-10)18(27)23(9-15(24)25)16(11)21-8-12;1-7-2-6(3-8)4-9-5-6/h3-8,10-12,36H,9,13-17H2,1-2H3,(H,31,38);2-7,9-11H,8,12H2,1H3,(H,25,31)(H,29,30);1-6,8H,7,9H2,(H,22,26)(H,24,25);7-8H,2-5H2,1H3. The normalized spacial score (nSPS) is 13.1. The first-order chi connectivity index (χ1) is 51.7. The van der Waals surface area contributed by atoms with Gasteiger partial charge in [-0.3, -0.25) is 66.2 Å². The number of hydrogen-bond acceptors (Lipinski definition) is 19. The lowest BCUT2D eigenvalue weighted by molar-refractivity contribution is -0.157. The van der Waals surface area contributed by atoms with E-state index in [0.717, 1.165) is 54.6 Å². The Morgan fingerprint density at radius 2 is 0.861 bits per heavy atom. The van der Waals surface area contributed by atoms with Crippen LogP contribution in [0.2, 0.25) is 15.1 Å². The van der Waals surface area contributed by atoms with Crippen LogP contribution in [0.15, 0.2) is 171 Å². The Morgan fingerprint density at radius 1 is 0.509 bits per heavy atom. The molecule has 34 heteroatoms. The highest BCUT2D eigenvalue weighted by Crippen LogP contribution is 2.30. The minimum Gasteiger partial charge on any atom is -0.480 e. The summed E-state index contributed by atoms with van der Waals surface area (Å²) in [7, 11) is 7.08. The van der Waals surface area contributed by atoms with Crippen LogP contribution in [0, 0.1) is 10.8 Å². The smallest absolute Gasteiger partial charge is 0.323 e. The summed E-state index contributed by atoms with van der Waals surface area (Å²) in [5.74, 6) is -4.57. The first-order valence-electron chi connectivity index (χ1n) is 33.2. The van der Waals surface area contributed by atoms with E-state index < -0.39 is 64.8 Å². The van der Waals surface area contributed by atoms with Crippen molar-refractivity contribution < 1.29 is 58.7 Å². The molecule has 0 atom stereocenters. The minimum atomic E-state index is -1.22. The number of amides is 4. The molecule has 10 heterocycles. The quantitative estimate of drug-likeness (QED) is 0.0345. The molecule has 108 heavy (non-hydrogen) atoms. The maximum atomic E-state index is 13.6. The van der Waals surface area contributed by atoms with Gasteiger partial charge in [-0.1, -0.05) is 71.2 Å². The maximum Gasteiger partial charge on any atom is 0.323 e. The van der Waals surface area contributed by atoms with Gasteiger partial charge in [-0.05, 0) is 112 Å². The van der Waals surface area contributed by atoms with E-state index in [4.69, 9.17) is 54.5 Å². The van der Waals surface area contributed by atoms with E-state index >= 15 is 0 Å². The van der Waals surface area contributed by atoms with Gasteiger partial charge in [-0.2, -0.15) is 10.2 Å². The molecule has 0 aliphatic carbocycles. The van der Waals surface area contributed by atoms with Gasteiger partial charge >= 0.3 is 11.9 Å². The van der Waals surface area contributed by atoms with E-state index in [1.54, 1.807) is 140 Å². The number of carboxylic acid groups (broad SMARTS) is 2. The number of aromatic nitrogens is 10. The average molecular weight is 1600 g/mol. The van der Waals surface area contributed by atoms with Gasteiger partial charge in [0.25, 0.3) is 34.4 Å². The third kappa shape index (κ3) is 19.8. The van der Waals surface area contributed by atoms with Gasteiger partial charge in [-0.15, -0.1) is 0 Å². The molecule has 0 unspecified atom stereocenters. The van der Waals surface area contributed by atoms with E-state index in [1.165, 1.54) is 40.1 Å². The molecular weight excluding hydrogens is 1530 g/mol. The number of rotatable bonds is 23. The van der Waals surface area contributed by atoms with E-state index in [-0.39, 0.29) is 90.9 Å². The monoisotopic (exact) mass is 1600 g/mol. The van der Waals surface area contributed by atoms with Crippen LogP contribution < -0.4 is 37.9 Å². The Hall–Kier alpha value is -10.9. The van der Waals surface area contributed by atoms with Gasteiger partial charge in [0.2, 0.25) is 5.91 Å². The molecule has 8 N–H and O–H groups in total. The van der Waals surface area contributed by atoms with Crippen LogP contribution >= 0.6 is 50.7 Å². The minimum absolute atomic E-state index is 0.0365. The number of carbonyl (C=O) groups is 6. The lowest BCUT2D eigenvalue weighted by Crippen LogP contribution is -2.54. The number of halogens is 4. The van der Waals surface area contributed by atoms with Crippen LogP contribution in [0.25, 0.3) is 55.4 Å². The van der Waals surface area contributed by atoms with Crippen molar-refractivity contribution >= 4 is 119 Å². The number of pyridine rings is 6. The largest absolute Gasteiger partial charge is 0.480 e. The zero-order chi connectivity index (χ0) is 77.6. The molecule has 3 aromatic carbocycles. The lowest BCUT2D eigenvalue weighted by atomic mass is 9.86. The Balaban J connectivity index is 0.000000166. The number of nitrogens with one attached hydrogen (secondary N) is 4. The second-order valence-electron chi connectivity index (χ2n) is 25.8. The lowest BCUT2D eigenvalue weighted by Gasteiger charge is -2.42. The van der Waals surface area contributed by atoms with Gasteiger partial charge in [0.1, 0.15) is 53.3 Å². The average Bonchev–Trinajstić information content (AvgIpc) is 1.000. The molecule has 4 amide bonds. The molecular formula is C74H73BrCl3N15O15. The summed E-state index contributed by atoms with van der Waals surface area (Å²) >= 11 is 20.9. The third-order valence-electron chi connectivity index (χ3n) is 17.4. The van der Waals surface area contributed by atoms with Crippen LogP contribution in [0.4, 0.5) is 0 Å². The van der Waals surface area contributed by atoms with Gasteiger partial charge in [0.05, 0.1) is 62.9 Å². The molecule has 2 aliphatic heterocycles. The van der Waals surface area contributed by atoms with E-state index in [1.807, 2.05) is 19.3 Å². The molecule has 0 radical (unpaired) electrons. The van der Waals surface area contributed by atoms with Gasteiger partial charge in [0, 0.05) is 143 Å². The summed E-state index contributed by atoms with van der Waals surface area (Å²) in [5.41, 5.74) is 3.17. The van der Waals surface area contributed by atoms with Gasteiger partial charge in [0.15, 0.2) is 0 Å². The molecule has 13 rings (SSSR count). The number of aliphatic hydroxyl groups is 2. The Morgan fingerprint density at radius 3 is 1.17 bits per heavy atom. The molecule has 8 aromatic heterocycles. The highest BCUT2D eigenvalue weighted by molar-refractivity contribution is 9.10. The fourth-order valence-electron chi connectivity index (χ4n) is 11.5. The van der Waals surface area contributed by atoms with Gasteiger partial charge in [-0.25, -0.2) is 15.0 Å². The number of carbonyl (C=O) groups excluding carboxylic acids is 4. The number of aliphatic carboxylic acids is 2. The zero-order valence-corrected chi connectivity index (χ0v) is 62.4. The summed E-state index contributed by atoms with van der Waals surface area (Å²) in [6, 6.07) is 30.4. The number of benzene rings is 3. The summed E-state index contributed by atoms with van der Waals surface area (Å²) in [4.78, 5) is 128. The Labute approximate surface area is 638 Å². The summed E-state index contributed by atoms with van der Waals surface area (Å²) in [6.07, 6.45) is 11.6. The van der Waals surface area contributed by atoms with E-state index in [0.29, 0.717) is 62.1 Å². The number of aryl methyl sites for hydroxylation is 2. The Kier molecular flexibility index (Phi) is 26.3. The van der Waals surface area contributed by atoms with Crippen molar-refractivity contribution in [3.8, 4) is 22.3 Å². The number of likely N-dealkylation sites (N-methyl/N-ethyl adjacent to an activating group) is 1. The predicted octanol–water partition coefficient (Wildman–Crippen LogP) is 6.35. The zero-order valence-electron chi connectivity index (χ0n) is 58.5. The van der Waals surface area contributed by atoms with Crippen molar-refractivity contribution in [2.45, 2.75) is 39.3 Å². The van der Waals surface area contributed by atoms with Crippen LogP contribution in [0.5, 0.6) is 0 Å². The van der Waals surface area contributed by atoms with Crippen LogP contribution in [0.3, 0.4) is 0 Å². The third-order valence-corrected chi connectivity index (χ3v) is 18.6. The topological polar surface area (TPSA) is 393 Å². The summed E-state index contributed by atoms with van der Waals surface area (Å²) in [5, 5.41) is 59.7. The van der Waals surface area contributed by atoms with Gasteiger partial charge < -0.3 is 56.1 Å². The Bertz CT molecular complexity index is 5350. The first kappa shape index (κ1) is 79.7. The molecule has 2 saturated heterocycles. The number of ether oxygens (including phenoxy) is 2. The number of carboxylic acids is 2. The maximum absolute atomic E-state index is 13.6. The molecule has 0 spiro atoms. The summed E-state index contributed by atoms with van der Waals surface area (Å²) < 4.78 is 17.3. The van der Waals surface area contributed by atoms with E-state index in [9.17, 15) is 53.4 Å². The first-order valence-corrected chi connectivity index (χ1v) is 35.1. The number of aliphatic hydroxyl groups excluding tert-OH is 2. The molecule has 562 valence electrons. The second kappa shape index (κ2) is 35.7. The fraction of sp³-hybridized carbons (Fsp3) is 0.270. The van der Waals surface area contributed by atoms with Crippen molar-refractivity contribution in [2.24, 2.45) is 24.9 Å². The number of nitrogens with zero attached hydrogens (tertiary/aromatic N) is 11. The SMILES string of the molecule is CN(CC1(CO)COC1)C(=O)Cn1c(=O)c(C(=O)NCc2ccc(Cl)cc2)cc2cc(-c3cnn(C)c3)cnc21.CNCC1(CO)COC1.Cn1cc(-c2cnc3c(c2)cc(C(=O)NCc2ccc(Cl)cc2)c(=O)n3CC(=O)O)cn1.O=C(O)Cn1c(=O)c(C(=O)NCc2ccc(Cl)cc2)cc2cc(Br)cnc21. The van der Waals surface area contributed by atoms with Crippen LogP contribution in [-0.2, 0) is 77.2 Å². The van der Waals surface area contributed by atoms with Crippen molar-refractivity contribution in [3.05, 3.63) is 237 Å². The highest BCUT2D eigenvalue weighted by atomic mass is 79.9. The van der Waals surface area contributed by atoms with Crippen molar-refractivity contribution in [3.63, 3.8) is 0 Å². The van der Waals surface area contributed by atoms with Crippen molar-refractivity contribution in [2.75, 3.05) is 66.8 Å². The van der Waals surface area contributed by atoms with Crippen LogP contribution in [0.1, 0.15) is 47.8 Å². The molecule has 0 saturated carbocycles. The molecule has 11 aromatic rings. The highest BCUT2D eigenvalue weighted by Gasteiger charge is 2.40. The predicted molar refractivity (Wildman–Crippen MR) is 405 cm³/mol. The van der Waals surface area contributed by atoms with Crippen LogP contribution in [-0.4, -0.2) is 176 Å². The molecule has 2 fully saturated rings. The fourth-order valence-corrected chi connectivity index (χ4v) is 12.3. The number of hydrogen-bond donors (Lipinski definition) is 8. The van der Waals surface area contributed by atoms with Crippen molar-refractivity contribution in [1.29, 1.82) is 0 Å². The number of fused-ring (bicyclic) bond motifs is 3. The second-order valence-corrected chi connectivity index (χ2v) is 28.0. The molecule has 0 bridgehead atoms. The molecule has 30 nitrogen and oxygen atoms in total. The molecule has 2 aliphatic rings.